The zero-order valence-electron chi connectivity index (χ0n) is 12.1. The Morgan fingerprint density at radius 1 is 1.15 bits per heavy atom. The van der Waals surface area contributed by atoms with Crippen LogP contribution >= 0.6 is 0 Å². The summed E-state index contributed by atoms with van der Waals surface area (Å²) in [6, 6.07) is 9.84. The molecule has 1 aromatic carbocycles. The first kappa shape index (κ1) is 14.4. The van der Waals surface area contributed by atoms with E-state index >= 15 is 0 Å². The van der Waals surface area contributed by atoms with Crippen molar-refractivity contribution >= 4 is 5.97 Å². The van der Waals surface area contributed by atoms with Crippen molar-refractivity contribution in [1.29, 1.82) is 0 Å². The molecule has 0 amide bonds. The number of methoxy groups -OCH3 is 1. The number of carbonyl (C=O) groups is 1. The first-order chi connectivity index (χ1) is 9.64. The number of hydrogen-bond donors (Lipinski definition) is 0. The van der Waals surface area contributed by atoms with Crippen molar-refractivity contribution in [2.45, 2.75) is 38.9 Å². The van der Waals surface area contributed by atoms with Crippen LogP contribution in [0.15, 0.2) is 41.9 Å². The number of esters is 1. The summed E-state index contributed by atoms with van der Waals surface area (Å²) in [5, 5.41) is 0. The van der Waals surface area contributed by atoms with Gasteiger partial charge in [0.25, 0.3) is 5.79 Å². The van der Waals surface area contributed by atoms with Gasteiger partial charge >= 0.3 is 5.97 Å². The Bertz CT molecular complexity index is 500. The van der Waals surface area contributed by atoms with Crippen LogP contribution in [0.2, 0.25) is 0 Å². The molecule has 0 radical (unpaired) electrons. The molecule has 1 aliphatic rings. The molecule has 1 aliphatic heterocycles. The van der Waals surface area contributed by atoms with Crippen molar-refractivity contribution in [1.82, 2.24) is 0 Å². The van der Waals surface area contributed by atoms with E-state index in [1.807, 2.05) is 44.2 Å². The first-order valence-corrected chi connectivity index (χ1v) is 6.87. The van der Waals surface area contributed by atoms with Crippen LogP contribution in [0.25, 0.3) is 0 Å². The highest BCUT2D eigenvalue weighted by molar-refractivity contribution is 5.87. The molecule has 108 valence electrons. The number of ether oxygens (including phenoxy) is 3. The quantitative estimate of drug-likeness (QED) is 0.775. The molecule has 0 saturated carbocycles. The largest absolute Gasteiger partial charge is 0.463 e. The van der Waals surface area contributed by atoms with Crippen LogP contribution in [-0.2, 0) is 25.4 Å². The predicted octanol–water partition coefficient (Wildman–Crippen LogP) is 3.18. The monoisotopic (exact) mass is 276 g/mol. The predicted molar refractivity (Wildman–Crippen MR) is 74.7 cm³/mol. The highest BCUT2D eigenvalue weighted by atomic mass is 16.7. The molecule has 0 saturated heterocycles. The van der Waals surface area contributed by atoms with E-state index in [1.54, 1.807) is 0 Å². The summed E-state index contributed by atoms with van der Waals surface area (Å²) in [4.78, 5) is 11.8. The number of rotatable bonds is 5. The number of hydrogen-bond acceptors (Lipinski definition) is 4. The molecule has 4 heteroatoms. The van der Waals surface area contributed by atoms with Gasteiger partial charge in [0.05, 0.1) is 7.11 Å². The topological polar surface area (TPSA) is 44.8 Å². The molecule has 0 fully saturated rings. The Morgan fingerprint density at radius 2 is 1.80 bits per heavy atom. The van der Waals surface area contributed by atoms with Gasteiger partial charge in [-0.25, -0.2) is 4.79 Å². The molecule has 20 heavy (non-hydrogen) atoms. The van der Waals surface area contributed by atoms with Gasteiger partial charge in [-0.1, -0.05) is 44.2 Å². The molecule has 4 nitrogen and oxygen atoms in total. The molecular formula is C16H20O4. The fourth-order valence-electron chi connectivity index (χ4n) is 2.22. The lowest BCUT2D eigenvalue weighted by Gasteiger charge is -2.26. The Morgan fingerprint density at radius 3 is 2.35 bits per heavy atom. The third-order valence-corrected chi connectivity index (χ3v) is 3.51. The lowest BCUT2D eigenvalue weighted by atomic mass is 10.1. The van der Waals surface area contributed by atoms with Gasteiger partial charge in [0.2, 0.25) is 5.76 Å². The van der Waals surface area contributed by atoms with E-state index in [2.05, 4.69) is 0 Å². The molecule has 1 aromatic rings. The minimum Gasteiger partial charge on any atom is -0.463 e. The van der Waals surface area contributed by atoms with Crippen molar-refractivity contribution < 1.29 is 19.0 Å². The second-order valence-corrected chi connectivity index (χ2v) is 4.73. The Labute approximate surface area is 119 Å². The van der Waals surface area contributed by atoms with Crippen LogP contribution < -0.4 is 0 Å². The maximum Gasteiger partial charge on any atom is 0.377 e. The van der Waals surface area contributed by atoms with E-state index in [4.69, 9.17) is 14.2 Å². The zero-order valence-corrected chi connectivity index (χ0v) is 12.1. The van der Waals surface area contributed by atoms with Gasteiger partial charge in [-0.3, -0.25) is 0 Å². The number of benzene rings is 1. The van der Waals surface area contributed by atoms with Gasteiger partial charge in [0.15, 0.2) is 5.76 Å². The summed E-state index contributed by atoms with van der Waals surface area (Å²) in [5.41, 5.74) is 1.07. The van der Waals surface area contributed by atoms with E-state index in [9.17, 15) is 4.79 Å². The van der Waals surface area contributed by atoms with Crippen LogP contribution in [0.3, 0.4) is 0 Å². The van der Waals surface area contributed by atoms with E-state index in [0.29, 0.717) is 25.0 Å². The van der Waals surface area contributed by atoms with Gasteiger partial charge in [-0.15, -0.1) is 0 Å². The Kier molecular flexibility index (Phi) is 4.32. The van der Waals surface area contributed by atoms with Crippen molar-refractivity contribution in [3.8, 4) is 0 Å². The molecule has 0 aromatic heterocycles. The van der Waals surface area contributed by atoms with Gasteiger partial charge in [0, 0.05) is 19.3 Å². The third kappa shape index (κ3) is 2.79. The van der Waals surface area contributed by atoms with E-state index in [-0.39, 0.29) is 5.76 Å². The summed E-state index contributed by atoms with van der Waals surface area (Å²) < 4.78 is 16.5. The fraction of sp³-hybridized carbons (Fsp3) is 0.438. The number of allylic oxidation sites excluding steroid dienone is 1. The summed E-state index contributed by atoms with van der Waals surface area (Å²) >= 11 is 0. The average molecular weight is 276 g/mol. The van der Waals surface area contributed by atoms with Crippen LogP contribution in [0.1, 0.15) is 32.3 Å². The van der Waals surface area contributed by atoms with Gasteiger partial charge < -0.3 is 14.2 Å². The van der Waals surface area contributed by atoms with E-state index in [0.717, 1.165) is 5.56 Å². The summed E-state index contributed by atoms with van der Waals surface area (Å²) in [6.45, 7) is 3.95. The van der Waals surface area contributed by atoms with Crippen LogP contribution in [0.5, 0.6) is 0 Å². The lowest BCUT2D eigenvalue weighted by Crippen LogP contribution is -2.29. The average Bonchev–Trinajstić information content (AvgIpc) is 2.87. The third-order valence-electron chi connectivity index (χ3n) is 3.51. The second kappa shape index (κ2) is 5.99. The van der Waals surface area contributed by atoms with Gasteiger partial charge in [-0.05, 0) is 5.56 Å². The van der Waals surface area contributed by atoms with Crippen molar-refractivity contribution in [3.63, 3.8) is 0 Å². The summed E-state index contributed by atoms with van der Waals surface area (Å²) in [7, 11) is 1.34. The lowest BCUT2D eigenvalue weighted by molar-refractivity contribution is -0.169. The molecule has 0 atom stereocenters. The minimum absolute atomic E-state index is 0.194. The standard InChI is InChI=1S/C16H20O4/c1-4-16(5-2)19-13(14(20-16)15(17)18-3)11-12-9-7-6-8-10-12/h6-10H,4-5,11H2,1-3H3. The second-order valence-electron chi connectivity index (χ2n) is 4.73. The minimum atomic E-state index is -0.742. The highest BCUT2D eigenvalue weighted by Crippen LogP contribution is 2.37. The molecular weight excluding hydrogens is 256 g/mol. The molecule has 0 unspecified atom stereocenters. The molecule has 0 aliphatic carbocycles. The van der Waals surface area contributed by atoms with Gasteiger partial charge in [0.1, 0.15) is 0 Å². The Hall–Kier alpha value is -1.97. The van der Waals surface area contributed by atoms with Crippen LogP contribution in [0.4, 0.5) is 0 Å². The fourth-order valence-corrected chi connectivity index (χ4v) is 2.22. The molecule has 2 rings (SSSR count). The van der Waals surface area contributed by atoms with E-state index in [1.165, 1.54) is 7.11 Å². The Balaban J connectivity index is 2.27. The van der Waals surface area contributed by atoms with Gasteiger partial charge in [-0.2, -0.15) is 0 Å². The maximum atomic E-state index is 11.8. The van der Waals surface area contributed by atoms with Crippen molar-refractivity contribution in [2.24, 2.45) is 0 Å². The molecule has 0 spiro atoms. The SMILES string of the molecule is CCC1(CC)OC(Cc2ccccc2)=C(C(=O)OC)O1. The van der Waals surface area contributed by atoms with Crippen LogP contribution in [0, 0.1) is 0 Å². The zero-order chi connectivity index (χ0) is 14.6. The molecule has 0 bridgehead atoms. The van der Waals surface area contributed by atoms with Crippen molar-refractivity contribution in [2.75, 3.05) is 7.11 Å². The van der Waals surface area contributed by atoms with E-state index < -0.39 is 11.8 Å². The smallest absolute Gasteiger partial charge is 0.377 e. The summed E-state index contributed by atoms with van der Waals surface area (Å²) in [6.07, 6.45) is 1.86. The van der Waals surface area contributed by atoms with Crippen molar-refractivity contribution in [3.05, 3.63) is 47.4 Å². The molecule has 1 heterocycles. The summed E-state index contributed by atoms with van der Waals surface area (Å²) in [5.74, 6) is -0.486. The molecule has 0 N–H and O–H groups in total. The highest BCUT2D eigenvalue weighted by Gasteiger charge is 2.42. The number of carbonyl (C=O) groups excluding carboxylic acids is 1. The van der Waals surface area contributed by atoms with Crippen LogP contribution in [-0.4, -0.2) is 18.9 Å². The normalized spacial score (nSPS) is 16.6. The maximum absolute atomic E-state index is 11.8. The first-order valence-electron chi connectivity index (χ1n) is 6.87.